The van der Waals surface area contributed by atoms with Crippen molar-refractivity contribution < 1.29 is 9.50 Å². The Labute approximate surface area is 165 Å². The Morgan fingerprint density at radius 3 is 2.68 bits per heavy atom. The molecule has 0 bridgehead atoms. The van der Waals surface area contributed by atoms with Gasteiger partial charge in [-0.05, 0) is 55.4 Å². The lowest BCUT2D eigenvalue weighted by Gasteiger charge is -2.32. The molecule has 0 saturated carbocycles. The molecule has 6 nitrogen and oxygen atoms in total. The number of hydrogen-bond acceptors (Lipinski definition) is 6. The monoisotopic (exact) mass is 385 g/mol. The van der Waals surface area contributed by atoms with Crippen LogP contribution in [0.15, 0.2) is 36.7 Å². The molecule has 2 N–H and O–H groups in total. The van der Waals surface area contributed by atoms with Crippen LogP contribution in [0.4, 0.5) is 21.7 Å². The van der Waals surface area contributed by atoms with Gasteiger partial charge in [-0.1, -0.05) is 0 Å². The van der Waals surface area contributed by atoms with Crippen molar-refractivity contribution in [3.05, 3.63) is 42.5 Å². The van der Waals surface area contributed by atoms with E-state index in [-0.39, 0.29) is 12.4 Å². The van der Waals surface area contributed by atoms with Crippen molar-refractivity contribution in [1.29, 1.82) is 0 Å². The summed E-state index contributed by atoms with van der Waals surface area (Å²) < 4.78 is 13.1. The summed E-state index contributed by atoms with van der Waals surface area (Å²) in [6.07, 6.45) is 4.88. The molecule has 3 heterocycles. The topological polar surface area (TPSA) is 64.5 Å². The van der Waals surface area contributed by atoms with Gasteiger partial charge in [-0.15, -0.1) is 0 Å². The van der Waals surface area contributed by atoms with Crippen LogP contribution >= 0.6 is 0 Å². The SMILES string of the molecule is OCC1CCCN(c2cc(NCC3CCN(c4ccc(F)cc4)C3)ncn2)C1. The average molecular weight is 385 g/mol. The Morgan fingerprint density at radius 1 is 1.04 bits per heavy atom. The van der Waals surface area contributed by atoms with Gasteiger partial charge in [0, 0.05) is 51.1 Å². The number of aliphatic hydroxyl groups is 1. The fraction of sp³-hybridized carbons (Fsp3) is 0.524. The van der Waals surface area contributed by atoms with Crippen LogP contribution in [0.3, 0.4) is 0 Å². The van der Waals surface area contributed by atoms with E-state index in [1.807, 2.05) is 18.2 Å². The third-order valence-corrected chi connectivity index (χ3v) is 5.80. The van der Waals surface area contributed by atoms with Crippen molar-refractivity contribution in [2.24, 2.45) is 11.8 Å². The zero-order valence-corrected chi connectivity index (χ0v) is 16.1. The van der Waals surface area contributed by atoms with Crippen LogP contribution < -0.4 is 15.1 Å². The molecule has 2 aliphatic rings. The van der Waals surface area contributed by atoms with Crippen molar-refractivity contribution in [3.8, 4) is 0 Å². The van der Waals surface area contributed by atoms with Crippen molar-refractivity contribution in [2.45, 2.75) is 19.3 Å². The van der Waals surface area contributed by atoms with Crippen LogP contribution in [-0.2, 0) is 0 Å². The largest absolute Gasteiger partial charge is 0.396 e. The number of nitrogens with zero attached hydrogens (tertiary/aromatic N) is 4. The molecule has 2 fully saturated rings. The van der Waals surface area contributed by atoms with E-state index >= 15 is 0 Å². The molecule has 0 amide bonds. The lowest BCUT2D eigenvalue weighted by atomic mass is 9.99. The summed E-state index contributed by atoms with van der Waals surface area (Å²) in [6.45, 7) is 4.86. The maximum Gasteiger partial charge on any atom is 0.134 e. The van der Waals surface area contributed by atoms with Gasteiger partial charge in [0.15, 0.2) is 0 Å². The summed E-state index contributed by atoms with van der Waals surface area (Å²) in [4.78, 5) is 13.3. The Morgan fingerprint density at radius 2 is 1.86 bits per heavy atom. The second-order valence-electron chi connectivity index (χ2n) is 7.86. The van der Waals surface area contributed by atoms with Gasteiger partial charge < -0.3 is 20.2 Å². The van der Waals surface area contributed by atoms with E-state index in [1.54, 1.807) is 6.33 Å². The Kier molecular flexibility index (Phi) is 5.90. The van der Waals surface area contributed by atoms with Crippen LogP contribution in [0.2, 0.25) is 0 Å². The standard InChI is InChI=1S/C21H28FN5O/c22-18-3-5-19(6-4-18)26-9-7-16(12-26)11-23-20-10-21(25-15-24-20)27-8-1-2-17(13-27)14-28/h3-6,10,15-17,28H,1-2,7-9,11-14H2,(H,23,24,25). The molecule has 0 spiro atoms. The first-order valence-corrected chi connectivity index (χ1v) is 10.1. The van der Waals surface area contributed by atoms with Gasteiger partial charge in [0.2, 0.25) is 0 Å². The molecule has 1 aromatic carbocycles. The molecule has 2 aliphatic heterocycles. The van der Waals surface area contributed by atoms with E-state index in [2.05, 4.69) is 25.1 Å². The highest BCUT2D eigenvalue weighted by Gasteiger charge is 2.23. The molecule has 0 radical (unpaired) electrons. The number of benzene rings is 1. The third-order valence-electron chi connectivity index (χ3n) is 5.80. The summed E-state index contributed by atoms with van der Waals surface area (Å²) in [5.74, 6) is 2.43. The quantitative estimate of drug-likeness (QED) is 0.797. The highest BCUT2D eigenvalue weighted by Crippen LogP contribution is 2.25. The molecule has 28 heavy (non-hydrogen) atoms. The van der Waals surface area contributed by atoms with E-state index < -0.39 is 0 Å². The molecule has 2 unspecified atom stereocenters. The molecular formula is C21H28FN5O. The Balaban J connectivity index is 1.31. The fourth-order valence-corrected chi connectivity index (χ4v) is 4.17. The number of piperidine rings is 1. The number of anilines is 3. The van der Waals surface area contributed by atoms with E-state index in [0.29, 0.717) is 11.8 Å². The molecule has 2 aromatic rings. The predicted octanol–water partition coefficient (Wildman–Crippen LogP) is 2.76. The van der Waals surface area contributed by atoms with Crippen LogP contribution in [0, 0.1) is 17.7 Å². The van der Waals surface area contributed by atoms with Gasteiger partial charge in [0.1, 0.15) is 23.8 Å². The number of halogens is 1. The first-order chi connectivity index (χ1) is 13.7. The van der Waals surface area contributed by atoms with E-state index in [1.165, 1.54) is 12.1 Å². The lowest BCUT2D eigenvalue weighted by Crippen LogP contribution is -2.37. The minimum atomic E-state index is -0.195. The van der Waals surface area contributed by atoms with Crippen molar-refractivity contribution in [3.63, 3.8) is 0 Å². The summed E-state index contributed by atoms with van der Waals surface area (Å²) in [6, 6.07) is 8.74. The first kappa shape index (κ1) is 18.9. The van der Waals surface area contributed by atoms with Gasteiger partial charge in [0.25, 0.3) is 0 Å². The Hall–Kier alpha value is -2.41. The highest BCUT2D eigenvalue weighted by molar-refractivity contribution is 5.49. The molecule has 1 aromatic heterocycles. The maximum absolute atomic E-state index is 13.1. The van der Waals surface area contributed by atoms with Gasteiger partial charge in [-0.25, -0.2) is 14.4 Å². The number of aromatic nitrogens is 2. The molecule has 4 rings (SSSR count). The maximum atomic E-state index is 13.1. The van der Waals surface area contributed by atoms with Gasteiger partial charge in [-0.2, -0.15) is 0 Å². The van der Waals surface area contributed by atoms with Crippen molar-refractivity contribution in [1.82, 2.24) is 9.97 Å². The highest BCUT2D eigenvalue weighted by atomic mass is 19.1. The van der Waals surface area contributed by atoms with Crippen LogP contribution in [-0.4, -0.2) is 54.4 Å². The molecule has 0 aliphatic carbocycles. The van der Waals surface area contributed by atoms with E-state index in [4.69, 9.17) is 0 Å². The van der Waals surface area contributed by atoms with Crippen molar-refractivity contribution in [2.75, 3.05) is 54.4 Å². The summed E-state index contributed by atoms with van der Waals surface area (Å²) >= 11 is 0. The number of rotatable bonds is 6. The second-order valence-corrected chi connectivity index (χ2v) is 7.86. The molecule has 2 saturated heterocycles. The molecule has 7 heteroatoms. The minimum Gasteiger partial charge on any atom is -0.396 e. The van der Waals surface area contributed by atoms with Crippen LogP contribution in [0.1, 0.15) is 19.3 Å². The lowest BCUT2D eigenvalue weighted by molar-refractivity contribution is 0.208. The molecule has 150 valence electrons. The fourth-order valence-electron chi connectivity index (χ4n) is 4.17. The van der Waals surface area contributed by atoms with E-state index in [9.17, 15) is 9.50 Å². The smallest absolute Gasteiger partial charge is 0.134 e. The van der Waals surface area contributed by atoms with Crippen molar-refractivity contribution >= 4 is 17.3 Å². The summed E-state index contributed by atoms with van der Waals surface area (Å²) in [7, 11) is 0. The van der Waals surface area contributed by atoms with Gasteiger partial charge in [-0.3, -0.25) is 0 Å². The average Bonchev–Trinajstić information content (AvgIpc) is 3.22. The number of nitrogens with one attached hydrogen (secondary N) is 1. The zero-order chi connectivity index (χ0) is 19.3. The normalized spacial score (nSPS) is 22.5. The summed E-state index contributed by atoms with van der Waals surface area (Å²) in [5.41, 5.74) is 1.08. The molecular weight excluding hydrogens is 357 g/mol. The predicted molar refractivity (Wildman–Crippen MR) is 109 cm³/mol. The zero-order valence-electron chi connectivity index (χ0n) is 16.1. The van der Waals surface area contributed by atoms with Gasteiger partial charge in [0.05, 0.1) is 0 Å². The minimum absolute atomic E-state index is 0.195. The summed E-state index contributed by atoms with van der Waals surface area (Å²) in [5, 5.41) is 12.9. The van der Waals surface area contributed by atoms with Crippen LogP contribution in [0.25, 0.3) is 0 Å². The molecule has 2 atom stereocenters. The van der Waals surface area contributed by atoms with E-state index in [0.717, 1.165) is 69.3 Å². The second kappa shape index (κ2) is 8.73. The van der Waals surface area contributed by atoms with Gasteiger partial charge >= 0.3 is 0 Å². The first-order valence-electron chi connectivity index (χ1n) is 10.1. The van der Waals surface area contributed by atoms with Crippen LogP contribution in [0.5, 0.6) is 0 Å². The number of aliphatic hydroxyl groups excluding tert-OH is 1. The number of hydrogen-bond donors (Lipinski definition) is 2. The Bertz CT molecular complexity index is 772. The third kappa shape index (κ3) is 4.52.